The maximum Gasteiger partial charge on any atom is 0.253 e. The molecular formula is C24H26N2O2. The normalized spacial score (nSPS) is 20.2. The summed E-state index contributed by atoms with van der Waals surface area (Å²) in [6.45, 7) is 5.16. The van der Waals surface area contributed by atoms with Gasteiger partial charge < -0.3 is 10.0 Å². The first kappa shape index (κ1) is 18.6. The minimum atomic E-state index is -0.668. The topological polar surface area (TPSA) is 53.4 Å². The van der Waals surface area contributed by atoms with E-state index in [1.54, 1.807) is 0 Å². The minimum absolute atomic E-state index is 0.0417. The molecule has 2 aromatic carbocycles. The molecule has 1 N–H and O–H groups in total. The Morgan fingerprint density at radius 1 is 1.07 bits per heavy atom. The van der Waals surface area contributed by atoms with Crippen molar-refractivity contribution in [3.05, 3.63) is 65.9 Å². The van der Waals surface area contributed by atoms with Crippen LogP contribution >= 0.6 is 0 Å². The minimum Gasteiger partial charge on any atom is -0.390 e. The lowest BCUT2D eigenvalue weighted by molar-refractivity contribution is 0.0438. The molecule has 1 atom stereocenters. The number of aryl methyl sites for hydroxylation is 1. The molecule has 1 saturated heterocycles. The van der Waals surface area contributed by atoms with Crippen molar-refractivity contribution in [1.29, 1.82) is 0 Å². The first-order valence-corrected chi connectivity index (χ1v) is 9.91. The number of aliphatic hydroxyl groups is 1. The van der Waals surface area contributed by atoms with Crippen molar-refractivity contribution in [3.8, 4) is 11.1 Å². The highest BCUT2D eigenvalue weighted by Crippen LogP contribution is 2.29. The molecule has 144 valence electrons. The lowest BCUT2D eigenvalue weighted by Crippen LogP contribution is -2.33. The van der Waals surface area contributed by atoms with E-state index in [0.29, 0.717) is 25.1 Å². The van der Waals surface area contributed by atoms with Gasteiger partial charge in [-0.2, -0.15) is 0 Å². The van der Waals surface area contributed by atoms with Crippen molar-refractivity contribution in [2.75, 3.05) is 13.1 Å². The predicted molar refractivity (Wildman–Crippen MR) is 112 cm³/mol. The van der Waals surface area contributed by atoms with Gasteiger partial charge in [-0.15, -0.1) is 0 Å². The molecule has 1 aliphatic rings. The Kier molecular flexibility index (Phi) is 4.90. The lowest BCUT2D eigenvalue weighted by Gasteiger charge is -2.22. The zero-order valence-electron chi connectivity index (χ0n) is 16.5. The summed E-state index contributed by atoms with van der Waals surface area (Å²) in [6.07, 6.45) is 2.20. The first-order chi connectivity index (χ1) is 13.4. The molecule has 0 unspecified atom stereocenters. The van der Waals surface area contributed by atoms with Gasteiger partial charge in [0.1, 0.15) is 0 Å². The van der Waals surface area contributed by atoms with Gasteiger partial charge in [-0.25, -0.2) is 0 Å². The fourth-order valence-corrected chi connectivity index (χ4v) is 3.99. The predicted octanol–water partition coefficient (Wildman–Crippen LogP) is 4.59. The van der Waals surface area contributed by atoms with Gasteiger partial charge in [0.15, 0.2) is 0 Å². The summed E-state index contributed by atoms with van der Waals surface area (Å²) in [5.41, 5.74) is 4.20. The van der Waals surface area contributed by atoms with Gasteiger partial charge in [0.05, 0.1) is 11.1 Å². The SMILES string of the molecule is Cc1cc(-c2ccc(C(=O)N3CCC[C@](C)(O)CC3)cc2)c2ccccc2n1. The van der Waals surface area contributed by atoms with Crippen LogP contribution < -0.4 is 0 Å². The van der Waals surface area contributed by atoms with Crippen LogP contribution in [0.1, 0.15) is 42.2 Å². The van der Waals surface area contributed by atoms with Crippen LogP contribution in [0.15, 0.2) is 54.6 Å². The van der Waals surface area contributed by atoms with Crippen molar-refractivity contribution in [3.63, 3.8) is 0 Å². The van der Waals surface area contributed by atoms with Gasteiger partial charge >= 0.3 is 0 Å². The number of nitrogens with zero attached hydrogens (tertiary/aromatic N) is 2. The third-order valence-corrected chi connectivity index (χ3v) is 5.64. The monoisotopic (exact) mass is 374 g/mol. The number of aromatic nitrogens is 1. The molecule has 4 heteroatoms. The average Bonchev–Trinajstić information content (AvgIpc) is 2.87. The maximum atomic E-state index is 12.9. The number of rotatable bonds is 2. The smallest absolute Gasteiger partial charge is 0.253 e. The number of para-hydroxylation sites is 1. The summed E-state index contributed by atoms with van der Waals surface area (Å²) in [5.74, 6) is 0.0417. The van der Waals surface area contributed by atoms with Gasteiger partial charge in [0, 0.05) is 29.7 Å². The molecule has 0 radical (unpaired) electrons. The molecule has 0 spiro atoms. The van der Waals surface area contributed by atoms with Crippen LogP contribution in [0.2, 0.25) is 0 Å². The zero-order valence-corrected chi connectivity index (χ0v) is 16.5. The molecule has 4 rings (SSSR count). The van der Waals surface area contributed by atoms with Crippen molar-refractivity contribution in [2.24, 2.45) is 0 Å². The van der Waals surface area contributed by atoms with Crippen LogP contribution in [0.25, 0.3) is 22.0 Å². The second-order valence-corrected chi connectivity index (χ2v) is 8.05. The van der Waals surface area contributed by atoms with Crippen LogP contribution in [0.4, 0.5) is 0 Å². The summed E-state index contributed by atoms with van der Waals surface area (Å²) in [5, 5.41) is 11.4. The molecule has 28 heavy (non-hydrogen) atoms. The van der Waals surface area contributed by atoms with Crippen LogP contribution in [-0.2, 0) is 0 Å². The van der Waals surface area contributed by atoms with Gasteiger partial charge in [-0.05, 0) is 68.5 Å². The number of amides is 1. The quantitative estimate of drug-likeness (QED) is 0.714. The van der Waals surface area contributed by atoms with E-state index in [-0.39, 0.29) is 5.91 Å². The molecule has 0 aliphatic carbocycles. The second kappa shape index (κ2) is 7.36. The Labute approximate surface area is 165 Å². The molecule has 1 amide bonds. The number of pyridine rings is 1. The summed E-state index contributed by atoms with van der Waals surface area (Å²) < 4.78 is 0. The summed E-state index contributed by atoms with van der Waals surface area (Å²) in [4.78, 5) is 19.4. The van der Waals surface area contributed by atoms with Crippen molar-refractivity contribution >= 4 is 16.8 Å². The van der Waals surface area contributed by atoms with E-state index in [4.69, 9.17) is 0 Å². The van der Waals surface area contributed by atoms with E-state index in [0.717, 1.165) is 40.6 Å². The second-order valence-electron chi connectivity index (χ2n) is 8.05. The van der Waals surface area contributed by atoms with E-state index in [9.17, 15) is 9.90 Å². The number of hydrogen-bond donors (Lipinski definition) is 1. The fourth-order valence-electron chi connectivity index (χ4n) is 3.99. The standard InChI is InChI=1S/C24H26N2O2/c1-17-16-21(20-6-3-4-7-22(20)25-17)18-8-10-19(11-9-18)23(27)26-14-5-12-24(2,28)13-15-26/h3-4,6-11,16,28H,5,12-15H2,1-2H3/t24-/m0/s1. The average molecular weight is 374 g/mol. The molecule has 4 nitrogen and oxygen atoms in total. The Morgan fingerprint density at radius 2 is 1.82 bits per heavy atom. The van der Waals surface area contributed by atoms with Crippen LogP contribution in [0, 0.1) is 6.92 Å². The number of carbonyl (C=O) groups is 1. The molecule has 1 fully saturated rings. The van der Waals surface area contributed by atoms with Crippen molar-refractivity contribution in [1.82, 2.24) is 9.88 Å². The highest BCUT2D eigenvalue weighted by Gasteiger charge is 2.27. The zero-order chi connectivity index (χ0) is 19.7. The van der Waals surface area contributed by atoms with Gasteiger partial charge in [0.2, 0.25) is 0 Å². The van der Waals surface area contributed by atoms with Crippen LogP contribution in [-0.4, -0.2) is 39.6 Å². The summed E-state index contributed by atoms with van der Waals surface area (Å²) in [6, 6.07) is 18.1. The molecule has 3 aromatic rings. The van der Waals surface area contributed by atoms with Crippen LogP contribution in [0.3, 0.4) is 0 Å². The summed E-state index contributed by atoms with van der Waals surface area (Å²) in [7, 11) is 0. The van der Waals surface area contributed by atoms with E-state index >= 15 is 0 Å². The maximum absolute atomic E-state index is 12.9. The third kappa shape index (κ3) is 3.78. The number of hydrogen-bond acceptors (Lipinski definition) is 3. The number of fused-ring (bicyclic) bond motifs is 1. The Balaban J connectivity index is 1.60. The van der Waals surface area contributed by atoms with Crippen molar-refractivity contribution in [2.45, 2.75) is 38.7 Å². The number of benzene rings is 2. The van der Waals surface area contributed by atoms with Crippen molar-refractivity contribution < 1.29 is 9.90 Å². The summed E-state index contributed by atoms with van der Waals surface area (Å²) >= 11 is 0. The lowest BCUT2D eigenvalue weighted by atomic mass is 9.98. The van der Waals surface area contributed by atoms with E-state index in [1.165, 1.54) is 0 Å². The molecule has 0 bridgehead atoms. The van der Waals surface area contributed by atoms with Gasteiger partial charge in [-0.1, -0.05) is 30.3 Å². The Bertz CT molecular complexity index is 1010. The number of carbonyl (C=O) groups excluding carboxylic acids is 1. The van der Waals surface area contributed by atoms with E-state index < -0.39 is 5.60 Å². The van der Waals surface area contributed by atoms with Gasteiger partial charge in [-0.3, -0.25) is 9.78 Å². The molecule has 1 aromatic heterocycles. The fraction of sp³-hybridized carbons (Fsp3) is 0.333. The third-order valence-electron chi connectivity index (χ3n) is 5.64. The van der Waals surface area contributed by atoms with E-state index in [1.807, 2.05) is 61.2 Å². The molecule has 0 saturated carbocycles. The Morgan fingerprint density at radius 3 is 2.61 bits per heavy atom. The highest BCUT2D eigenvalue weighted by molar-refractivity contribution is 5.97. The molecular weight excluding hydrogens is 348 g/mol. The number of likely N-dealkylation sites (tertiary alicyclic amines) is 1. The molecule has 2 heterocycles. The van der Waals surface area contributed by atoms with E-state index in [2.05, 4.69) is 17.1 Å². The first-order valence-electron chi connectivity index (χ1n) is 9.91. The van der Waals surface area contributed by atoms with Gasteiger partial charge in [0.25, 0.3) is 5.91 Å². The van der Waals surface area contributed by atoms with Crippen LogP contribution in [0.5, 0.6) is 0 Å². The Hall–Kier alpha value is -2.72. The highest BCUT2D eigenvalue weighted by atomic mass is 16.3. The molecule has 1 aliphatic heterocycles. The largest absolute Gasteiger partial charge is 0.390 e.